The molecule has 0 bridgehead atoms. The van der Waals surface area contributed by atoms with Crippen LogP contribution in [-0.4, -0.2) is 19.5 Å². The monoisotopic (exact) mass is 718 g/mol. The molecule has 264 valence electrons. The van der Waals surface area contributed by atoms with Crippen molar-refractivity contribution in [1.29, 1.82) is 0 Å². The van der Waals surface area contributed by atoms with Gasteiger partial charge in [-0.1, -0.05) is 152 Å². The average Bonchev–Trinajstić information content (AvgIpc) is 3.83. The van der Waals surface area contributed by atoms with Crippen molar-refractivity contribution in [3.8, 4) is 50.7 Å². The molecule has 5 nitrogen and oxygen atoms in total. The van der Waals surface area contributed by atoms with Gasteiger partial charge in [-0.25, -0.2) is 15.0 Å². The summed E-state index contributed by atoms with van der Waals surface area (Å²) in [6.45, 7) is 0. The van der Waals surface area contributed by atoms with Gasteiger partial charge in [0.25, 0.3) is 0 Å². The largest absolute Gasteiger partial charge is 0.453 e. The van der Waals surface area contributed by atoms with Crippen LogP contribution in [0.4, 0.5) is 0 Å². The summed E-state index contributed by atoms with van der Waals surface area (Å²) < 4.78 is 9.38. The third-order valence-electron chi connectivity index (χ3n) is 10.9. The first-order valence-electron chi connectivity index (χ1n) is 19.1. The van der Waals surface area contributed by atoms with E-state index in [0.717, 1.165) is 79.3 Å². The topological polar surface area (TPSA) is 56.7 Å². The summed E-state index contributed by atoms with van der Waals surface area (Å²) >= 11 is 0. The predicted molar refractivity (Wildman–Crippen MR) is 230 cm³/mol. The van der Waals surface area contributed by atoms with Crippen LogP contribution in [0.1, 0.15) is 18.7 Å². The van der Waals surface area contributed by atoms with Crippen LogP contribution < -0.4 is 0 Å². The van der Waals surface area contributed by atoms with E-state index in [9.17, 15) is 0 Å². The lowest BCUT2D eigenvalue weighted by Crippen LogP contribution is -2.03. The number of rotatable bonds is 6. The summed E-state index contributed by atoms with van der Waals surface area (Å²) in [5, 5.41) is 4.56. The second-order valence-electron chi connectivity index (χ2n) is 14.3. The third kappa shape index (κ3) is 5.36. The Balaban J connectivity index is 1.06. The number of furan rings is 1. The highest BCUT2D eigenvalue weighted by molar-refractivity contribution is 6.15. The molecule has 3 heterocycles. The Morgan fingerprint density at radius 3 is 1.89 bits per heavy atom. The first-order valence-corrected chi connectivity index (χ1v) is 19.1. The van der Waals surface area contributed by atoms with Crippen molar-refractivity contribution in [3.05, 3.63) is 188 Å². The predicted octanol–water partition coefficient (Wildman–Crippen LogP) is 13.3. The second-order valence-corrected chi connectivity index (χ2v) is 14.3. The van der Waals surface area contributed by atoms with E-state index >= 15 is 0 Å². The first kappa shape index (κ1) is 32.1. The zero-order chi connectivity index (χ0) is 37.0. The van der Waals surface area contributed by atoms with Gasteiger partial charge in [0.15, 0.2) is 23.1 Å². The van der Waals surface area contributed by atoms with E-state index in [1.54, 1.807) is 0 Å². The van der Waals surface area contributed by atoms with Crippen LogP contribution in [0.15, 0.2) is 186 Å². The van der Waals surface area contributed by atoms with Crippen LogP contribution in [0.3, 0.4) is 0 Å². The summed E-state index contributed by atoms with van der Waals surface area (Å²) in [6, 6.07) is 57.5. The lowest BCUT2D eigenvalue weighted by molar-refractivity contribution is 0.667. The fourth-order valence-corrected chi connectivity index (χ4v) is 8.21. The lowest BCUT2D eigenvalue weighted by Gasteiger charge is -2.11. The van der Waals surface area contributed by atoms with Crippen molar-refractivity contribution in [1.82, 2.24) is 19.5 Å². The van der Waals surface area contributed by atoms with Gasteiger partial charge in [-0.05, 0) is 59.9 Å². The van der Waals surface area contributed by atoms with E-state index in [2.05, 4.69) is 156 Å². The number of hydrogen-bond acceptors (Lipinski definition) is 4. The SMILES string of the molecule is C1=CC(c2nc(-c3ccccc3)nc(-c3cccc(-c4cccc5c4oc4c(-n6c7ccccc7c7cc(-c8ccccc8)ccc76)cccc45)c3)n2)=CCC1. The second kappa shape index (κ2) is 13.2. The summed E-state index contributed by atoms with van der Waals surface area (Å²) in [6.07, 6.45) is 8.51. The summed E-state index contributed by atoms with van der Waals surface area (Å²) in [5.74, 6) is 1.98. The van der Waals surface area contributed by atoms with Gasteiger partial charge in [0.05, 0.1) is 16.7 Å². The Kier molecular flexibility index (Phi) is 7.56. The first-order chi connectivity index (χ1) is 27.8. The van der Waals surface area contributed by atoms with Crippen LogP contribution in [0.5, 0.6) is 0 Å². The molecule has 5 heteroatoms. The Morgan fingerprint density at radius 1 is 0.429 bits per heavy atom. The molecular formula is C51H34N4O. The van der Waals surface area contributed by atoms with Gasteiger partial charge in [0, 0.05) is 43.8 Å². The standard InChI is InChI=1S/C51H34N4O/c1-4-15-33(16-5-1)36-29-30-45-43(32-36)40-23-10-11-27-44(40)55(45)46-28-14-26-42-41-25-13-24-39(47(41)56-48(42)46)37-21-12-22-38(31-37)51-53-49(34-17-6-2-7-18-34)52-50(54-51)35-19-8-3-9-20-35/h1-2,4-8,10-32H,3,9H2. The van der Waals surface area contributed by atoms with Crippen LogP contribution in [0.2, 0.25) is 0 Å². The summed E-state index contributed by atoms with van der Waals surface area (Å²) in [4.78, 5) is 15.0. The van der Waals surface area contributed by atoms with Gasteiger partial charge in [0.1, 0.15) is 5.58 Å². The van der Waals surface area contributed by atoms with Crippen molar-refractivity contribution in [2.24, 2.45) is 0 Å². The summed E-state index contributed by atoms with van der Waals surface area (Å²) in [5.41, 5.74) is 12.3. The fraction of sp³-hybridized carbons (Fsp3) is 0.0392. The number of fused-ring (bicyclic) bond motifs is 6. The molecule has 0 unspecified atom stereocenters. The van der Waals surface area contributed by atoms with Gasteiger partial charge in [0.2, 0.25) is 0 Å². The van der Waals surface area contributed by atoms with E-state index in [0.29, 0.717) is 17.5 Å². The zero-order valence-corrected chi connectivity index (χ0v) is 30.4. The van der Waals surface area contributed by atoms with Gasteiger partial charge in [-0.15, -0.1) is 0 Å². The molecule has 1 aliphatic carbocycles. The third-order valence-corrected chi connectivity index (χ3v) is 10.9. The van der Waals surface area contributed by atoms with Gasteiger partial charge in [-0.2, -0.15) is 0 Å². The van der Waals surface area contributed by atoms with Crippen LogP contribution >= 0.6 is 0 Å². The molecule has 0 aliphatic heterocycles. The number of aromatic nitrogens is 4. The van der Waals surface area contributed by atoms with E-state index < -0.39 is 0 Å². The smallest absolute Gasteiger partial charge is 0.164 e. The van der Waals surface area contributed by atoms with Gasteiger partial charge >= 0.3 is 0 Å². The number of para-hydroxylation sites is 3. The fourth-order valence-electron chi connectivity index (χ4n) is 8.21. The average molecular weight is 719 g/mol. The molecule has 0 amide bonds. The molecule has 0 saturated carbocycles. The van der Waals surface area contributed by atoms with Crippen molar-refractivity contribution in [2.75, 3.05) is 0 Å². The highest BCUT2D eigenvalue weighted by Gasteiger charge is 2.20. The van der Waals surface area contributed by atoms with E-state index in [-0.39, 0.29) is 0 Å². The Labute approximate surface area is 323 Å². The quantitative estimate of drug-likeness (QED) is 0.172. The Morgan fingerprint density at radius 2 is 1.07 bits per heavy atom. The molecule has 0 radical (unpaired) electrons. The van der Waals surface area contributed by atoms with Crippen molar-refractivity contribution in [2.45, 2.75) is 12.8 Å². The molecule has 0 saturated heterocycles. The van der Waals surface area contributed by atoms with Gasteiger partial charge < -0.3 is 8.98 Å². The molecule has 10 aromatic rings. The van der Waals surface area contributed by atoms with E-state index in [1.165, 1.54) is 21.9 Å². The maximum atomic E-state index is 7.03. The number of allylic oxidation sites excluding steroid dienone is 4. The van der Waals surface area contributed by atoms with Crippen LogP contribution in [0, 0.1) is 0 Å². The molecule has 11 rings (SSSR count). The van der Waals surface area contributed by atoms with Crippen LogP contribution in [-0.2, 0) is 0 Å². The maximum absolute atomic E-state index is 7.03. The summed E-state index contributed by atoms with van der Waals surface area (Å²) in [7, 11) is 0. The van der Waals surface area contributed by atoms with E-state index in [1.807, 2.05) is 30.3 Å². The Hall–Kier alpha value is -7.37. The molecule has 0 N–H and O–H groups in total. The molecule has 1 aliphatic rings. The number of nitrogens with zero attached hydrogens (tertiary/aromatic N) is 4. The van der Waals surface area contributed by atoms with Crippen molar-refractivity contribution in [3.63, 3.8) is 0 Å². The molecule has 56 heavy (non-hydrogen) atoms. The normalized spacial score (nSPS) is 12.9. The minimum absolute atomic E-state index is 0.636. The molecule has 3 aromatic heterocycles. The molecule has 0 fully saturated rings. The minimum atomic E-state index is 0.636. The molecule has 0 spiro atoms. The molecule has 0 atom stereocenters. The lowest BCUT2D eigenvalue weighted by atomic mass is 10.00. The highest BCUT2D eigenvalue weighted by Crippen LogP contribution is 2.42. The van der Waals surface area contributed by atoms with Gasteiger partial charge in [-0.3, -0.25) is 0 Å². The van der Waals surface area contributed by atoms with Crippen molar-refractivity contribution >= 4 is 49.3 Å². The minimum Gasteiger partial charge on any atom is -0.453 e. The number of benzene rings is 7. The van der Waals surface area contributed by atoms with Crippen LogP contribution in [0.25, 0.3) is 100 Å². The number of hydrogen-bond donors (Lipinski definition) is 0. The highest BCUT2D eigenvalue weighted by atomic mass is 16.3. The van der Waals surface area contributed by atoms with E-state index in [4.69, 9.17) is 19.4 Å². The maximum Gasteiger partial charge on any atom is 0.164 e. The molecule has 7 aromatic carbocycles. The Bertz CT molecular complexity index is 3190. The zero-order valence-electron chi connectivity index (χ0n) is 30.4. The molecular weight excluding hydrogens is 685 g/mol. The van der Waals surface area contributed by atoms with Crippen molar-refractivity contribution < 1.29 is 4.42 Å².